The lowest BCUT2D eigenvalue weighted by molar-refractivity contribution is -0.370. The van der Waals surface area contributed by atoms with E-state index in [1.54, 1.807) is 5.48 Å². The third kappa shape index (κ3) is 6.90. The van der Waals surface area contributed by atoms with E-state index in [0.29, 0.717) is 7.85 Å². The zero-order valence-electron chi connectivity index (χ0n) is 16.2. The molecule has 1 aliphatic heterocycles. The lowest BCUT2D eigenvalue weighted by atomic mass is 9.80. The third-order valence-electron chi connectivity index (χ3n) is 4.14. The van der Waals surface area contributed by atoms with Crippen LogP contribution in [0.4, 0.5) is 0 Å². The molecule has 17 heteroatoms. The Hall–Kier alpha value is -2.19. The van der Waals surface area contributed by atoms with E-state index in [0.717, 1.165) is 17.2 Å². The van der Waals surface area contributed by atoms with E-state index in [-0.39, 0.29) is 12.2 Å². The van der Waals surface area contributed by atoms with Crippen molar-refractivity contribution in [2.75, 3.05) is 7.05 Å². The molecule has 0 aromatic carbocycles. The summed E-state index contributed by atoms with van der Waals surface area (Å²) in [6, 6.07) is 0. The molecule has 1 fully saturated rings. The highest BCUT2D eigenvalue weighted by atomic mass is 16.7. The van der Waals surface area contributed by atoms with E-state index in [1.165, 1.54) is 7.05 Å². The molecule has 0 aliphatic carbocycles. The van der Waals surface area contributed by atoms with Gasteiger partial charge in [-0.1, -0.05) is 0 Å². The maximum atomic E-state index is 12.0. The van der Waals surface area contributed by atoms with Crippen molar-refractivity contribution in [1.82, 2.24) is 10.4 Å². The monoisotopic (exact) mass is 453 g/mol. The fraction of sp³-hybridized carbons (Fsp3) is 0.643. The van der Waals surface area contributed by atoms with Crippen LogP contribution < -0.4 is 5.48 Å². The van der Waals surface area contributed by atoms with Gasteiger partial charge in [-0.25, -0.2) is 0 Å². The van der Waals surface area contributed by atoms with Crippen molar-refractivity contribution in [3.05, 3.63) is 12.3 Å². The predicted molar refractivity (Wildman–Crippen MR) is 96.7 cm³/mol. The number of aliphatic hydroxyl groups is 8. The van der Waals surface area contributed by atoms with Crippen LogP contribution in [0.2, 0.25) is 0 Å². The molecule has 1 saturated heterocycles. The van der Waals surface area contributed by atoms with Gasteiger partial charge in [-0.2, -0.15) is 4.99 Å². The average molecular weight is 453 g/mol. The van der Waals surface area contributed by atoms with E-state index in [4.69, 9.17) is 25.3 Å². The van der Waals surface area contributed by atoms with Gasteiger partial charge in [0.2, 0.25) is 12.7 Å². The summed E-state index contributed by atoms with van der Waals surface area (Å²) in [5, 5.41) is 85.3. The van der Waals surface area contributed by atoms with Gasteiger partial charge in [-0.15, -0.1) is 0 Å². The first-order valence-electron chi connectivity index (χ1n) is 8.48. The number of esters is 1. The van der Waals surface area contributed by atoms with Crippen molar-refractivity contribution < 1.29 is 65.1 Å². The molecule has 1 amide bonds. The van der Waals surface area contributed by atoms with E-state index in [9.17, 15) is 35.1 Å². The minimum atomic E-state index is -3.95. The van der Waals surface area contributed by atoms with E-state index in [2.05, 4.69) is 9.73 Å². The molecular weight excluding hydrogens is 429 g/mol. The summed E-state index contributed by atoms with van der Waals surface area (Å²) in [4.78, 5) is 26.7. The highest BCUT2D eigenvalue weighted by Gasteiger charge is 2.53. The molecule has 6 unspecified atom stereocenters. The maximum Gasteiger partial charge on any atom is 0.324 e. The number of amides is 1. The minimum Gasteiger partial charge on any atom is -0.432 e. The number of amidine groups is 1. The number of carbonyl (C=O) groups is 2. The van der Waals surface area contributed by atoms with Crippen molar-refractivity contribution in [1.29, 1.82) is 0 Å². The highest BCUT2D eigenvalue weighted by Crippen LogP contribution is 2.28. The maximum absolute atomic E-state index is 12.0. The number of hydroxylamine groups is 1. The van der Waals surface area contributed by atoms with Crippen LogP contribution in [0.5, 0.6) is 0 Å². The van der Waals surface area contributed by atoms with Crippen LogP contribution >= 0.6 is 0 Å². The van der Waals surface area contributed by atoms with Gasteiger partial charge in [0.25, 0.3) is 5.97 Å². The molecule has 1 aliphatic rings. The molecule has 0 aromatic rings. The molecule has 0 radical (unpaired) electrons. The van der Waals surface area contributed by atoms with Gasteiger partial charge in [0, 0.05) is 13.2 Å². The van der Waals surface area contributed by atoms with Crippen LogP contribution in [0.1, 0.15) is 0 Å². The number of hydrogen-bond acceptors (Lipinski definition) is 14. The van der Waals surface area contributed by atoms with Gasteiger partial charge in [0.05, 0.1) is 0 Å². The Kier molecular flexibility index (Phi) is 9.02. The molecule has 0 bridgehead atoms. The molecule has 0 saturated carbocycles. The van der Waals surface area contributed by atoms with Gasteiger partial charge in [-0.3, -0.25) is 20.3 Å². The van der Waals surface area contributed by atoms with Crippen molar-refractivity contribution in [2.45, 2.75) is 42.5 Å². The first kappa shape index (κ1) is 26.8. The van der Waals surface area contributed by atoms with Crippen LogP contribution in [0.25, 0.3) is 0 Å². The number of carbonyl (C=O) groups excluding carboxylic acids is 2. The summed E-state index contributed by atoms with van der Waals surface area (Å²) in [5.41, 5.74) is -1.59. The third-order valence-corrected chi connectivity index (χ3v) is 4.14. The molecule has 16 nitrogen and oxygen atoms in total. The van der Waals surface area contributed by atoms with Gasteiger partial charge in [0.1, 0.15) is 17.9 Å². The Morgan fingerprint density at radius 1 is 1.26 bits per heavy atom. The topological polar surface area (TPSA) is 262 Å². The SMILES string of the molecule is BC(O)(O)C(C(=O)OC(O)C1OC(N(C)/C=C\C(=N/C=O)NO)C(O)C1O)C(O)(O)O. The predicted octanol–water partition coefficient (Wildman–Crippen LogP) is -7.21. The van der Waals surface area contributed by atoms with Crippen molar-refractivity contribution in [3.8, 4) is 0 Å². The number of hydrogen-bond donors (Lipinski definition) is 10. The summed E-state index contributed by atoms with van der Waals surface area (Å²) in [6.45, 7) is 0. The molecule has 176 valence electrons. The van der Waals surface area contributed by atoms with Crippen molar-refractivity contribution in [2.24, 2.45) is 10.9 Å². The van der Waals surface area contributed by atoms with Crippen LogP contribution in [-0.2, 0) is 19.1 Å². The number of nitrogens with zero attached hydrogens (tertiary/aromatic N) is 2. The second-order valence-corrected chi connectivity index (χ2v) is 6.73. The lowest BCUT2D eigenvalue weighted by Gasteiger charge is -2.33. The quantitative estimate of drug-likeness (QED) is 0.0296. The Balaban J connectivity index is 2.92. The Bertz CT molecular complexity index is 678. The van der Waals surface area contributed by atoms with E-state index < -0.39 is 54.4 Å². The molecule has 0 spiro atoms. The largest absolute Gasteiger partial charge is 0.432 e. The highest BCUT2D eigenvalue weighted by molar-refractivity contribution is 6.14. The molecule has 10 N–H and O–H groups in total. The molecular formula is C14H24BN3O13. The van der Waals surface area contributed by atoms with E-state index in [1.807, 2.05) is 0 Å². The number of rotatable bonds is 9. The second kappa shape index (κ2) is 10.4. The minimum absolute atomic E-state index is 0.130. The summed E-state index contributed by atoms with van der Waals surface area (Å²) >= 11 is 0. The fourth-order valence-corrected chi connectivity index (χ4v) is 2.70. The molecule has 0 aromatic heterocycles. The zero-order chi connectivity index (χ0) is 24.1. The number of aliphatic hydroxyl groups excluding tert-OH is 3. The average Bonchev–Trinajstić information content (AvgIpc) is 2.91. The van der Waals surface area contributed by atoms with Crippen LogP contribution in [-0.4, -0.2) is 127 Å². The Labute approximate surface area is 175 Å². The summed E-state index contributed by atoms with van der Waals surface area (Å²) in [7, 11) is 1.85. The summed E-state index contributed by atoms with van der Waals surface area (Å²) in [5.74, 6) is -8.90. The molecule has 1 rings (SSSR count). The van der Waals surface area contributed by atoms with Crippen LogP contribution in [0.15, 0.2) is 17.3 Å². The second-order valence-electron chi connectivity index (χ2n) is 6.73. The zero-order valence-corrected chi connectivity index (χ0v) is 16.2. The Morgan fingerprint density at radius 2 is 1.84 bits per heavy atom. The van der Waals surface area contributed by atoms with Crippen LogP contribution in [0.3, 0.4) is 0 Å². The lowest BCUT2D eigenvalue weighted by Crippen LogP contribution is -2.58. The van der Waals surface area contributed by atoms with Crippen LogP contribution in [0, 0.1) is 5.92 Å². The summed E-state index contributed by atoms with van der Waals surface area (Å²) in [6.07, 6.45) is -6.69. The van der Waals surface area contributed by atoms with Gasteiger partial charge in [-0.05, 0) is 6.08 Å². The first-order chi connectivity index (χ1) is 14.1. The van der Waals surface area contributed by atoms with Gasteiger partial charge in [0.15, 0.2) is 31.9 Å². The number of likely N-dealkylation sites (N-methyl/N-ethyl adjacent to an activating group) is 1. The molecule has 31 heavy (non-hydrogen) atoms. The smallest absolute Gasteiger partial charge is 0.324 e. The normalized spacial score (nSPS) is 27.1. The first-order valence-corrected chi connectivity index (χ1v) is 8.48. The fourth-order valence-electron chi connectivity index (χ4n) is 2.70. The number of ether oxygens (including phenoxy) is 2. The van der Waals surface area contributed by atoms with E-state index >= 15 is 0 Å². The number of aliphatic imine (C=N–C) groups is 1. The van der Waals surface area contributed by atoms with Gasteiger partial charge >= 0.3 is 5.97 Å². The molecule has 6 atom stereocenters. The number of nitrogens with one attached hydrogen (secondary N) is 1. The standard InChI is InChI=1S/C14H24BN3O13/c1-18(3-2-5(17-29)16-4-19)10-7(21)6(20)8(30-10)11(22)31-12(23)9(13(15,24)25)14(26,27)28/h2-4,6-11,20-22,24-29H,15H2,1H3,(H,16,17,19)/b3-2-. The molecule has 1 heterocycles. The Morgan fingerprint density at radius 3 is 2.29 bits per heavy atom. The summed E-state index contributed by atoms with van der Waals surface area (Å²) < 4.78 is 9.66. The van der Waals surface area contributed by atoms with Crippen molar-refractivity contribution >= 4 is 26.1 Å². The van der Waals surface area contributed by atoms with Crippen molar-refractivity contribution in [3.63, 3.8) is 0 Å². The van der Waals surface area contributed by atoms with Gasteiger partial charge < -0.3 is 55.2 Å².